The molecular weight excluding hydrogens is 672 g/mol. The van der Waals surface area contributed by atoms with Crippen molar-refractivity contribution >= 4 is 29.3 Å². The van der Waals surface area contributed by atoms with Crippen LogP contribution in [0.1, 0.15) is 33.4 Å². The maximum Gasteiger partial charge on any atom is 0.246 e. The fraction of sp³-hybridized carbons (Fsp3) is 0.256. The molecule has 1 fully saturated rings. The van der Waals surface area contributed by atoms with Crippen LogP contribution in [0.4, 0.5) is 5.69 Å². The predicted molar refractivity (Wildman–Crippen MR) is 209 cm³/mol. The minimum atomic E-state index is -0.00441. The van der Waals surface area contributed by atoms with Crippen molar-refractivity contribution in [3.63, 3.8) is 0 Å². The SMILES string of the molecule is COc1ccc(NCCc2ccc(CN3CCN(C(=O)C=Cc4cc(C)c(Oc5ccc(OCc6ccc(C)cc6)cn5)c(Cl)c4)CC3)cc2)cc1. The summed E-state index contributed by atoms with van der Waals surface area (Å²) in [7, 11) is 1.67. The third kappa shape index (κ3) is 10.4. The standard InChI is InChI=1S/C43H45ClN4O4/c1-31-4-6-35(7-5-31)30-51-39-17-18-41(46-28-39)52-43-32(2)26-36(27-40(43)44)12-19-42(49)48-24-22-47(23-25-48)29-34-10-8-33(9-11-34)20-21-45-37-13-15-38(50-3)16-14-37/h4-19,26-28,45H,20-25,29-30H2,1-3H3. The van der Waals surface area contributed by atoms with Gasteiger partial charge in [0.2, 0.25) is 11.8 Å². The molecule has 0 radical (unpaired) electrons. The van der Waals surface area contributed by atoms with Crippen LogP contribution in [0.3, 0.4) is 0 Å². The first-order valence-electron chi connectivity index (χ1n) is 17.6. The van der Waals surface area contributed by atoms with E-state index in [1.165, 1.54) is 16.7 Å². The first-order valence-corrected chi connectivity index (χ1v) is 18.0. The molecule has 8 nitrogen and oxygen atoms in total. The summed E-state index contributed by atoms with van der Waals surface area (Å²) in [5, 5.41) is 3.91. The summed E-state index contributed by atoms with van der Waals surface area (Å²) >= 11 is 6.64. The lowest BCUT2D eigenvalue weighted by atomic mass is 10.1. The van der Waals surface area contributed by atoms with Crippen molar-refractivity contribution in [2.24, 2.45) is 0 Å². The molecule has 1 N–H and O–H groups in total. The molecule has 0 aliphatic carbocycles. The summed E-state index contributed by atoms with van der Waals surface area (Å²) in [5.41, 5.74) is 7.63. The van der Waals surface area contributed by atoms with Crippen LogP contribution in [0.15, 0.2) is 109 Å². The van der Waals surface area contributed by atoms with E-state index in [4.69, 9.17) is 25.8 Å². The highest BCUT2D eigenvalue weighted by Gasteiger charge is 2.20. The van der Waals surface area contributed by atoms with E-state index in [9.17, 15) is 4.79 Å². The Balaban J connectivity index is 0.926. The molecule has 0 unspecified atom stereocenters. The summed E-state index contributed by atoms with van der Waals surface area (Å²) in [4.78, 5) is 21.8. The molecule has 1 saturated heterocycles. The summed E-state index contributed by atoms with van der Waals surface area (Å²) in [6.45, 7) is 9.22. The number of carbonyl (C=O) groups excluding carboxylic acids is 1. The molecule has 0 bridgehead atoms. The van der Waals surface area contributed by atoms with E-state index in [0.717, 1.165) is 60.7 Å². The molecule has 1 aliphatic heterocycles. The fourth-order valence-corrected chi connectivity index (χ4v) is 6.29. The van der Waals surface area contributed by atoms with Crippen LogP contribution >= 0.6 is 11.6 Å². The molecule has 6 rings (SSSR count). The summed E-state index contributed by atoms with van der Waals surface area (Å²) < 4.78 is 17.1. The predicted octanol–water partition coefficient (Wildman–Crippen LogP) is 8.74. The molecule has 2 heterocycles. The smallest absolute Gasteiger partial charge is 0.246 e. The van der Waals surface area contributed by atoms with Crippen molar-refractivity contribution in [2.75, 3.05) is 45.2 Å². The van der Waals surface area contributed by atoms with Gasteiger partial charge in [0.1, 0.15) is 18.1 Å². The van der Waals surface area contributed by atoms with E-state index in [2.05, 4.69) is 70.7 Å². The second-order valence-electron chi connectivity index (χ2n) is 13.0. The normalized spacial score (nSPS) is 13.3. The highest BCUT2D eigenvalue weighted by molar-refractivity contribution is 6.32. The number of piperazine rings is 1. The first kappa shape index (κ1) is 36.5. The third-order valence-electron chi connectivity index (χ3n) is 9.06. The number of ether oxygens (including phenoxy) is 3. The number of hydrogen-bond acceptors (Lipinski definition) is 7. The molecule has 4 aromatic carbocycles. The second kappa shape index (κ2) is 17.8. The summed E-state index contributed by atoms with van der Waals surface area (Å²) in [6.07, 6.45) is 6.02. The number of nitrogens with one attached hydrogen (secondary N) is 1. The Morgan fingerprint density at radius 3 is 2.21 bits per heavy atom. The van der Waals surface area contributed by atoms with Crippen LogP contribution < -0.4 is 19.5 Å². The zero-order chi connectivity index (χ0) is 36.3. The molecule has 1 aliphatic rings. The molecular formula is C43H45ClN4O4. The number of methoxy groups -OCH3 is 1. The van der Waals surface area contributed by atoms with Gasteiger partial charge in [-0.25, -0.2) is 4.98 Å². The molecule has 268 valence electrons. The minimum Gasteiger partial charge on any atom is -0.497 e. The van der Waals surface area contributed by atoms with Crippen molar-refractivity contribution in [2.45, 2.75) is 33.4 Å². The Morgan fingerprint density at radius 1 is 0.846 bits per heavy atom. The highest BCUT2D eigenvalue weighted by atomic mass is 35.5. The van der Waals surface area contributed by atoms with E-state index in [1.807, 2.05) is 54.3 Å². The number of benzene rings is 4. The Hall–Kier alpha value is -5.31. The van der Waals surface area contributed by atoms with Crippen LogP contribution in [0.5, 0.6) is 23.1 Å². The van der Waals surface area contributed by atoms with Crippen molar-refractivity contribution in [3.05, 3.63) is 148 Å². The summed E-state index contributed by atoms with van der Waals surface area (Å²) in [6, 6.07) is 32.4. The first-order chi connectivity index (χ1) is 25.3. The number of aryl methyl sites for hydroxylation is 2. The second-order valence-corrected chi connectivity index (χ2v) is 13.4. The number of nitrogens with zero attached hydrogens (tertiary/aromatic N) is 3. The van der Waals surface area contributed by atoms with Crippen molar-refractivity contribution in [1.29, 1.82) is 0 Å². The Morgan fingerprint density at radius 2 is 1.54 bits per heavy atom. The Kier molecular flexibility index (Phi) is 12.5. The number of aromatic nitrogens is 1. The maximum atomic E-state index is 13.1. The number of rotatable bonds is 14. The van der Waals surface area contributed by atoms with Crippen LogP contribution in [0.25, 0.3) is 6.08 Å². The minimum absolute atomic E-state index is 0.00441. The molecule has 52 heavy (non-hydrogen) atoms. The molecule has 9 heteroatoms. The van der Waals surface area contributed by atoms with Gasteiger partial charge in [-0.3, -0.25) is 9.69 Å². The van der Waals surface area contributed by atoms with E-state index in [1.54, 1.807) is 31.5 Å². The molecule has 5 aromatic rings. The van der Waals surface area contributed by atoms with Gasteiger partial charge in [0, 0.05) is 57.1 Å². The highest BCUT2D eigenvalue weighted by Crippen LogP contribution is 2.34. The van der Waals surface area contributed by atoms with E-state index >= 15 is 0 Å². The Bertz CT molecular complexity index is 1920. The number of anilines is 1. The van der Waals surface area contributed by atoms with Crippen LogP contribution in [0.2, 0.25) is 5.02 Å². The monoisotopic (exact) mass is 716 g/mol. The quantitative estimate of drug-likeness (QED) is 0.115. The zero-order valence-corrected chi connectivity index (χ0v) is 30.7. The Labute approximate surface area is 311 Å². The zero-order valence-electron chi connectivity index (χ0n) is 30.0. The van der Waals surface area contributed by atoms with Crippen LogP contribution in [-0.2, 0) is 24.4 Å². The number of pyridine rings is 1. The lowest BCUT2D eigenvalue weighted by Gasteiger charge is -2.34. The van der Waals surface area contributed by atoms with Crippen molar-refractivity contribution in [3.8, 4) is 23.1 Å². The van der Waals surface area contributed by atoms with Gasteiger partial charge < -0.3 is 24.4 Å². The van der Waals surface area contributed by atoms with E-state index < -0.39 is 0 Å². The number of hydrogen-bond donors (Lipinski definition) is 1. The van der Waals surface area contributed by atoms with Gasteiger partial charge >= 0.3 is 0 Å². The van der Waals surface area contributed by atoms with Gasteiger partial charge in [-0.2, -0.15) is 0 Å². The van der Waals surface area contributed by atoms with Crippen LogP contribution in [-0.4, -0.2) is 60.5 Å². The van der Waals surface area contributed by atoms with Gasteiger partial charge in [0.05, 0.1) is 18.3 Å². The molecule has 0 saturated carbocycles. The fourth-order valence-electron chi connectivity index (χ4n) is 5.98. The average molecular weight is 717 g/mol. The molecule has 1 amide bonds. The van der Waals surface area contributed by atoms with Crippen molar-refractivity contribution in [1.82, 2.24) is 14.8 Å². The molecule has 1 aromatic heterocycles. The van der Waals surface area contributed by atoms with E-state index in [-0.39, 0.29) is 5.91 Å². The van der Waals surface area contributed by atoms with Gasteiger partial charge in [0.25, 0.3) is 0 Å². The lowest BCUT2D eigenvalue weighted by Crippen LogP contribution is -2.47. The number of halogens is 1. The van der Waals surface area contributed by atoms with Crippen molar-refractivity contribution < 1.29 is 19.0 Å². The van der Waals surface area contributed by atoms with Gasteiger partial charge in [-0.1, -0.05) is 65.7 Å². The van der Waals surface area contributed by atoms with Gasteiger partial charge in [-0.15, -0.1) is 0 Å². The summed E-state index contributed by atoms with van der Waals surface area (Å²) in [5.74, 6) is 2.44. The third-order valence-corrected chi connectivity index (χ3v) is 9.34. The maximum absolute atomic E-state index is 13.1. The molecule has 0 spiro atoms. The number of carbonyl (C=O) groups is 1. The van der Waals surface area contributed by atoms with Gasteiger partial charge in [0.15, 0.2) is 5.75 Å². The average Bonchev–Trinajstić information content (AvgIpc) is 3.17. The van der Waals surface area contributed by atoms with Gasteiger partial charge in [-0.05, 0) is 96.6 Å². The van der Waals surface area contributed by atoms with E-state index in [0.29, 0.717) is 42.1 Å². The van der Waals surface area contributed by atoms with Crippen LogP contribution in [0, 0.1) is 13.8 Å². The largest absolute Gasteiger partial charge is 0.497 e. The lowest BCUT2D eigenvalue weighted by molar-refractivity contribution is -0.127. The topological polar surface area (TPSA) is 76.2 Å². The molecule has 0 atom stereocenters. The number of amides is 1.